The Hall–Kier alpha value is -3.19. The van der Waals surface area contributed by atoms with Gasteiger partial charge in [0.15, 0.2) is 17.6 Å². The molecule has 8 heteroatoms. The number of carbonyl (C=O) groups excluding carboxylic acids is 2. The third-order valence-corrected chi connectivity index (χ3v) is 6.48. The second kappa shape index (κ2) is 10.4. The van der Waals surface area contributed by atoms with Crippen LogP contribution in [0.3, 0.4) is 0 Å². The Morgan fingerprint density at radius 2 is 1.82 bits per heavy atom. The van der Waals surface area contributed by atoms with Crippen LogP contribution in [0.25, 0.3) is 5.82 Å². The highest BCUT2D eigenvalue weighted by Gasteiger charge is 2.29. The summed E-state index contributed by atoms with van der Waals surface area (Å²) in [6.07, 6.45) is 1.95. The molecule has 1 fully saturated rings. The fourth-order valence-corrected chi connectivity index (χ4v) is 4.56. The van der Waals surface area contributed by atoms with Crippen molar-refractivity contribution in [1.82, 2.24) is 19.7 Å². The van der Waals surface area contributed by atoms with Crippen molar-refractivity contribution < 1.29 is 14.3 Å². The van der Waals surface area contributed by atoms with Gasteiger partial charge in [-0.3, -0.25) is 4.79 Å². The molecule has 3 aromatic rings. The summed E-state index contributed by atoms with van der Waals surface area (Å²) >= 11 is 6.23. The maximum absolute atomic E-state index is 12.9. The van der Waals surface area contributed by atoms with Crippen molar-refractivity contribution in [3.8, 4) is 5.82 Å². The molecule has 0 radical (unpaired) electrons. The van der Waals surface area contributed by atoms with Crippen molar-refractivity contribution in [3.63, 3.8) is 0 Å². The number of carbonyl (C=O) groups is 2. The molecule has 1 atom stereocenters. The molecule has 178 valence electrons. The molecule has 1 amide bonds. The number of rotatable bonds is 6. The van der Waals surface area contributed by atoms with E-state index in [0.717, 1.165) is 30.7 Å². The Labute approximate surface area is 204 Å². The first-order valence-electron chi connectivity index (χ1n) is 11.6. The van der Waals surface area contributed by atoms with Gasteiger partial charge in [0.1, 0.15) is 0 Å². The number of hydrogen-bond donors (Lipinski definition) is 0. The van der Waals surface area contributed by atoms with E-state index in [1.807, 2.05) is 26.0 Å². The molecule has 1 aliphatic heterocycles. The van der Waals surface area contributed by atoms with Gasteiger partial charge < -0.3 is 9.64 Å². The van der Waals surface area contributed by atoms with E-state index in [9.17, 15) is 9.59 Å². The third-order valence-electron chi connectivity index (χ3n) is 6.18. The van der Waals surface area contributed by atoms with Gasteiger partial charge in [-0.1, -0.05) is 41.9 Å². The van der Waals surface area contributed by atoms with Crippen LogP contribution in [0.2, 0.25) is 5.02 Å². The number of halogens is 1. The number of nitrogens with zero attached hydrogens (tertiary/aromatic N) is 4. The van der Waals surface area contributed by atoms with Crippen molar-refractivity contribution in [2.24, 2.45) is 5.92 Å². The van der Waals surface area contributed by atoms with Crippen LogP contribution in [0.5, 0.6) is 0 Å². The lowest BCUT2D eigenvalue weighted by atomic mass is 9.90. The second-order valence-corrected chi connectivity index (χ2v) is 9.25. The summed E-state index contributed by atoms with van der Waals surface area (Å²) in [6.45, 7) is 6.69. The Morgan fingerprint density at radius 1 is 1.12 bits per heavy atom. The molecule has 0 saturated carbocycles. The quantitative estimate of drug-likeness (QED) is 0.483. The Morgan fingerprint density at radius 3 is 2.47 bits per heavy atom. The number of ether oxygens (including phenoxy) is 1. The normalized spacial score (nSPS) is 15.2. The van der Waals surface area contributed by atoms with Gasteiger partial charge in [0.05, 0.1) is 10.7 Å². The summed E-state index contributed by atoms with van der Waals surface area (Å²) in [4.78, 5) is 31.9. The van der Waals surface area contributed by atoms with E-state index in [0.29, 0.717) is 24.8 Å². The van der Waals surface area contributed by atoms with Gasteiger partial charge in [-0.2, -0.15) is 5.10 Å². The second-order valence-electron chi connectivity index (χ2n) is 8.84. The van der Waals surface area contributed by atoms with Gasteiger partial charge in [0.2, 0.25) is 0 Å². The van der Waals surface area contributed by atoms with E-state index in [-0.39, 0.29) is 16.6 Å². The highest BCUT2D eigenvalue weighted by Crippen LogP contribution is 2.23. The molecule has 4 rings (SSSR count). The van der Waals surface area contributed by atoms with E-state index < -0.39 is 12.1 Å². The summed E-state index contributed by atoms with van der Waals surface area (Å²) in [7, 11) is 0. The Kier molecular flexibility index (Phi) is 7.32. The predicted molar refractivity (Wildman–Crippen MR) is 130 cm³/mol. The Balaban J connectivity index is 1.36. The third kappa shape index (κ3) is 5.47. The van der Waals surface area contributed by atoms with Gasteiger partial charge in [0, 0.05) is 18.8 Å². The molecule has 2 aromatic heterocycles. The van der Waals surface area contributed by atoms with E-state index in [2.05, 4.69) is 34.3 Å². The first kappa shape index (κ1) is 24.0. The van der Waals surface area contributed by atoms with Crippen molar-refractivity contribution in [1.29, 1.82) is 0 Å². The van der Waals surface area contributed by atoms with Crippen LogP contribution in [-0.2, 0) is 16.0 Å². The van der Waals surface area contributed by atoms with Crippen LogP contribution in [0.15, 0.2) is 48.5 Å². The number of aromatic nitrogens is 3. The molecule has 7 nitrogen and oxygen atoms in total. The first-order chi connectivity index (χ1) is 16.3. The van der Waals surface area contributed by atoms with Crippen LogP contribution in [0.4, 0.5) is 0 Å². The minimum atomic E-state index is -0.923. The number of esters is 1. The average Bonchev–Trinajstić information content (AvgIpc) is 3.17. The smallest absolute Gasteiger partial charge is 0.359 e. The highest BCUT2D eigenvalue weighted by atomic mass is 35.5. The summed E-state index contributed by atoms with van der Waals surface area (Å²) in [5.74, 6) is 0.0800. The van der Waals surface area contributed by atoms with Crippen LogP contribution in [0, 0.1) is 19.8 Å². The highest BCUT2D eigenvalue weighted by molar-refractivity contribution is 6.33. The van der Waals surface area contributed by atoms with Gasteiger partial charge in [0.25, 0.3) is 5.91 Å². The zero-order valence-electron chi connectivity index (χ0n) is 19.7. The van der Waals surface area contributed by atoms with E-state index in [1.165, 1.54) is 5.56 Å². The molecule has 1 aliphatic rings. The van der Waals surface area contributed by atoms with E-state index in [1.54, 1.807) is 28.6 Å². The largest absolute Gasteiger partial charge is 0.448 e. The Bertz CT molecular complexity index is 1170. The van der Waals surface area contributed by atoms with Crippen LogP contribution >= 0.6 is 11.6 Å². The van der Waals surface area contributed by atoms with Gasteiger partial charge in [-0.25, -0.2) is 14.5 Å². The minimum absolute atomic E-state index is 0.0343. The maximum atomic E-state index is 12.9. The van der Waals surface area contributed by atoms with Gasteiger partial charge >= 0.3 is 5.97 Å². The van der Waals surface area contributed by atoms with E-state index >= 15 is 0 Å². The number of benzene rings is 1. The van der Waals surface area contributed by atoms with Crippen LogP contribution in [-0.4, -0.2) is 50.7 Å². The van der Waals surface area contributed by atoms with E-state index in [4.69, 9.17) is 16.3 Å². The summed E-state index contributed by atoms with van der Waals surface area (Å²) in [5, 5.41) is 4.56. The van der Waals surface area contributed by atoms with Crippen molar-refractivity contribution in [3.05, 3.63) is 76.2 Å². The molecule has 1 saturated heterocycles. The number of aryl methyl sites for hydroxylation is 2. The lowest BCUT2D eigenvalue weighted by molar-refractivity contribution is -0.141. The van der Waals surface area contributed by atoms with Crippen molar-refractivity contribution in [2.75, 3.05) is 13.1 Å². The van der Waals surface area contributed by atoms with Crippen LogP contribution in [0.1, 0.15) is 47.2 Å². The zero-order valence-corrected chi connectivity index (χ0v) is 20.5. The molecule has 0 aliphatic carbocycles. The first-order valence-corrected chi connectivity index (χ1v) is 11.9. The maximum Gasteiger partial charge on any atom is 0.359 e. The summed E-state index contributed by atoms with van der Waals surface area (Å²) in [5.41, 5.74) is 3.01. The molecule has 1 aromatic carbocycles. The number of hydrogen-bond acceptors (Lipinski definition) is 5. The lowest BCUT2D eigenvalue weighted by Gasteiger charge is -2.33. The number of amides is 1. The average molecular weight is 481 g/mol. The molecule has 0 N–H and O–H groups in total. The number of pyridine rings is 1. The van der Waals surface area contributed by atoms with Crippen molar-refractivity contribution in [2.45, 2.75) is 46.1 Å². The predicted octanol–water partition coefficient (Wildman–Crippen LogP) is 4.56. The molecule has 0 bridgehead atoms. The fourth-order valence-electron chi connectivity index (χ4n) is 4.38. The molecule has 0 spiro atoms. The SMILES string of the molecule is Cc1cc(C)n(-c2ccc(Cl)c(C(=O)OC(C)C(=O)N3CCC(Cc4ccccc4)CC3)n2)n1. The molecule has 1 unspecified atom stereocenters. The summed E-state index contributed by atoms with van der Waals surface area (Å²) < 4.78 is 7.11. The van der Waals surface area contributed by atoms with Gasteiger partial charge in [-0.15, -0.1) is 0 Å². The topological polar surface area (TPSA) is 77.3 Å². The van der Waals surface area contributed by atoms with Crippen molar-refractivity contribution >= 4 is 23.5 Å². The number of piperidine rings is 1. The fraction of sp³-hybridized carbons (Fsp3) is 0.385. The molecular weight excluding hydrogens is 452 g/mol. The zero-order chi connectivity index (χ0) is 24.2. The standard InChI is InChI=1S/C26H29ClN4O3/c1-17-15-18(2)31(29-17)23-10-9-22(27)24(28-23)26(33)34-19(3)25(32)30-13-11-21(12-14-30)16-20-7-5-4-6-8-20/h4-10,15,19,21H,11-14,16H2,1-3H3. The number of likely N-dealkylation sites (tertiary alicyclic amines) is 1. The molecular formula is C26H29ClN4O3. The summed E-state index contributed by atoms with van der Waals surface area (Å²) in [6, 6.07) is 15.6. The minimum Gasteiger partial charge on any atom is -0.448 e. The lowest BCUT2D eigenvalue weighted by Crippen LogP contribution is -2.44. The van der Waals surface area contributed by atoms with Crippen LogP contribution < -0.4 is 0 Å². The monoisotopic (exact) mass is 480 g/mol. The van der Waals surface area contributed by atoms with Gasteiger partial charge in [-0.05, 0) is 69.7 Å². The molecule has 3 heterocycles. The molecule has 34 heavy (non-hydrogen) atoms.